The topological polar surface area (TPSA) is 42.5 Å². The van der Waals surface area contributed by atoms with Gasteiger partial charge in [-0.3, -0.25) is 0 Å². The van der Waals surface area contributed by atoms with E-state index in [1.807, 2.05) is 29.8 Å². The minimum atomic E-state index is 0.855. The molecule has 0 amide bonds. The van der Waals surface area contributed by atoms with Gasteiger partial charge in [0.25, 0.3) is 0 Å². The summed E-state index contributed by atoms with van der Waals surface area (Å²) in [7, 11) is 0. The molecule has 0 fully saturated rings. The van der Waals surface area contributed by atoms with Crippen LogP contribution < -0.4 is 0 Å². The molecule has 3 aromatic heterocycles. The zero-order valence-electron chi connectivity index (χ0n) is 13.2. The number of benzene rings is 1. The Balaban J connectivity index is 1.68. The molecule has 4 rings (SSSR count). The van der Waals surface area contributed by atoms with Crippen LogP contribution >= 0.6 is 22.7 Å². The molecular formula is C18H16N4S2. The van der Waals surface area contributed by atoms with Gasteiger partial charge in [0, 0.05) is 6.54 Å². The Hall–Kier alpha value is -2.31. The van der Waals surface area contributed by atoms with E-state index < -0.39 is 0 Å². The van der Waals surface area contributed by atoms with Crippen LogP contribution in [0, 0.1) is 0 Å². The molecule has 0 saturated heterocycles. The minimum absolute atomic E-state index is 0.855. The van der Waals surface area contributed by atoms with Crippen molar-refractivity contribution in [2.45, 2.75) is 19.9 Å². The van der Waals surface area contributed by atoms with E-state index in [1.54, 1.807) is 22.7 Å². The van der Waals surface area contributed by atoms with Gasteiger partial charge >= 0.3 is 0 Å². The highest BCUT2D eigenvalue weighted by atomic mass is 32.1. The van der Waals surface area contributed by atoms with E-state index in [2.05, 4.69) is 50.3 Å². The first-order chi connectivity index (χ1) is 11.8. The first-order valence-electron chi connectivity index (χ1n) is 7.83. The third kappa shape index (κ3) is 2.90. The third-order valence-corrected chi connectivity index (χ3v) is 5.45. The Bertz CT molecular complexity index is 980. The van der Waals surface area contributed by atoms with Crippen molar-refractivity contribution in [2.75, 3.05) is 0 Å². The molecule has 0 bridgehead atoms. The molecule has 0 spiro atoms. The summed E-state index contributed by atoms with van der Waals surface area (Å²) in [6.45, 7) is 3.11. The summed E-state index contributed by atoms with van der Waals surface area (Å²) >= 11 is 3.37. The van der Waals surface area contributed by atoms with Crippen molar-refractivity contribution in [1.29, 1.82) is 0 Å². The van der Waals surface area contributed by atoms with E-state index in [1.165, 1.54) is 10.6 Å². The van der Waals surface area contributed by atoms with Gasteiger partial charge in [-0.2, -0.15) is 0 Å². The van der Waals surface area contributed by atoms with Crippen LogP contribution in [0.4, 0.5) is 11.5 Å². The number of rotatable bonds is 5. The number of thiophene rings is 1. The number of hydrogen-bond donors (Lipinski definition) is 0. The molecule has 0 aliphatic carbocycles. The van der Waals surface area contributed by atoms with E-state index in [0.717, 1.165) is 34.7 Å². The van der Waals surface area contributed by atoms with Crippen LogP contribution in [0.15, 0.2) is 63.6 Å². The first kappa shape index (κ1) is 15.2. The molecule has 0 aliphatic heterocycles. The van der Waals surface area contributed by atoms with Crippen LogP contribution in [0.2, 0.25) is 0 Å². The van der Waals surface area contributed by atoms with Gasteiger partial charge in [-0.15, -0.1) is 32.9 Å². The summed E-state index contributed by atoms with van der Waals surface area (Å²) in [6.07, 6.45) is 1.06. The molecule has 120 valence electrons. The van der Waals surface area contributed by atoms with Crippen LogP contribution in [-0.2, 0) is 6.54 Å². The number of aromatic nitrogens is 2. The molecule has 3 heterocycles. The van der Waals surface area contributed by atoms with Crippen molar-refractivity contribution in [1.82, 2.24) is 9.55 Å². The summed E-state index contributed by atoms with van der Waals surface area (Å²) in [6, 6.07) is 14.4. The average molecular weight is 352 g/mol. The van der Waals surface area contributed by atoms with E-state index >= 15 is 0 Å². The summed E-state index contributed by atoms with van der Waals surface area (Å²) in [5.74, 6) is 0.893. The van der Waals surface area contributed by atoms with Gasteiger partial charge in [-0.1, -0.05) is 13.0 Å². The van der Waals surface area contributed by atoms with Gasteiger partial charge < -0.3 is 4.57 Å². The molecule has 0 radical (unpaired) electrons. The van der Waals surface area contributed by atoms with Crippen LogP contribution in [-0.4, -0.2) is 9.55 Å². The van der Waals surface area contributed by atoms with Crippen molar-refractivity contribution in [3.8, 4) is 10.6 Å². The van der Waals surface area contributed by atoms with Crippen molar-refractivity contribution in [3.05, 3.63) is 53.4 Å². The number of nitrogens with zero attached hydrogens (tertiary/aromatic N) is 4. The van der Waals surface area contributed by atoms with Gasteiger partial charge in [0.2, 0.25) is 0 Å². The second-order valence-corrected chi connectivity index (χ2v) is 7.24. The van der Waals surface area contributed by atoms with Gasteiger partial charge in [-0.25, -0.2) is 4.98 Å². The van der Waals surface area contributed by atoms with Crippen LogP contribution in [0.3, 0.4) is 0 Å². The van der Waals surface area contributed by atoms with Gasteiger partial charge in [-0.05, 0) is 48.2 Å². The second-order valence-electron chi connectivity index (χ2n) is 5.41. The molecule has 0 aliphatic rings. The summed E-state index contributed by atoms with van der Waals surface area (Å²) in [4.78, 5) is 5.55. The number of fused-ring (bicyclic) bond motifs is 1. The molecule has 0 unspecified atom stereocenters. The van der Waals surface area contributed by atoms with Crippen molar-refractivity contribution >= 4 is 44.4 Å². The highest BCUT2D eigenvalue weighted by Crippen LogP contribution is 2.32. The third-order valence-electron chi connectivity index (χ3n) is 3.76. The Morgan fingerprint density at radius 3 is 2.88 bits per heavy atom. The fraction of sp³-hybridized carbons (Fsp3) is 0.167. The monoisotopic (exact) mass is 352 g/mol. The predicted octanol–water partition coefficient (Wildman–Crippen LogP) is 6.65. The highest BCUT2D eigenvalue weighted by molar-refractivity contribution is 7.16. The van der Waals surface area contributed by atoms with Crippen molar-refractivity contribution < 1.29 is 0 Å². The Labute approximate surface area is 148 Å². The van der Waals surface area contributed by atoms with Crippen LogP contribution in [0.1, 0.15) is 13.3 Å². The first-order valence-corrected chi connectivity index (χ1v) is 9.59. The lowest BCUT2D eigenvalue weighted by Crippen LogP contribution is -1.97. The molecule has 0 atom stereocenters. The van der Waals surface area contributed by atoms with E-state index in [0.29, 0.717) is 0 Å². The Morgan fingerprint density at radius 2 is 2.04 bits per heavy atom. The zero-order chi connectivity index (χ0) is 16.4. The minimum Gasteiger partial charge on any atom is -0.324 e. The molecule has 0 saturated carbocycles. The standard InChI is InChI=1S/C18H16N4S2/c1-2-9-22-15(16-4-3-10-23-16)7-8-18(22)21-20-13-5-6-14-17(11-13)24-12-19-14/h3-8,10-12H,2,9H2,1H3. The van der Waals surface area contributed by atoms with Crippen LogP contribution in [0.5, 0.6) is 0 Å². The maximum atomic E-state index is 4.49. The SMILES string of the molecule is CCCn1c(N=Nc2ccc3ncsc3c2)ccc1-c1cccs1. The molecule has 4 nitrogen and oxygen atoms in total. The molecule has 6 heteroatoms. The van der Waals surface area contributed by atoms with E-state index in [9.17, 15) is 0 Å². The maximum absolute atomic E-state index is 4.49. The number of hydrogen-bond acceptors (Lipinski definition) is 5. The maximum Gasteiger partial charge on any atom is 0.155 e. The van der Waals surface area contributed by atoms with Gasteiger partial charge in [0.1, 0.15) is 0 Å². The molecule has 24 heavy (non-hydrogen) atoms. The van der Waals surface area contributed by atoms with Gasteiger partial charge in [0.05, 0.1) is 32.0 Å². The molecule has 1 aromatic carbocycles. The van der Waals surface area contributed by atoms with E-state index in [-0.39, 0.29) is 0 Å². The summed E-state index contributed by atoms with van der Waals surface area (Å²) < 4.78 is 3.37. The van der Waals surface area contributed by atoms with Gasteiger partial charge in [0.15, 0.2) is 5.82 Å². The smallest absolute Gasteiger partial charge is 0.155 e. The molecule has 0 N–H and O–H groups in total. The highest BCUT2D eigenvalue weighted by Gasteiger charge is 2.10. The second kappa shape index (κ2) is 6.67. The van der Waals surface area contributed by atoms with Crippen molar-refractivity contribution in [3.63, 3.8) is 0 Å². The van der Waals surface area contributed by atoms with Crippen LogP contribution in [0.25, 0.3) is 20.8 Å². The number of azo groups is 1. The summed E-state index contributed by atoms with van der Waals surface area (Å²) in [5, 5.41) is 11.0. The molecule has 4 aromatic rings. The Kier molecular flexibility index (Phi) is 4.23. The predicted molar refractivity (Wildman–Crippen MR) is 102 cm³/mol. The van der Waals surface area contributed by atoms with Crippen molar-refractivity contribution in [2.24, 2.45) is 10.2 Å². The summed E-state index contributed by atoms with van der Waals surface area (Å²) in [5.41, 5.74) is 4.92. The lowest BCUT2D eigenvalue weighted by Gasteiger charge is -2.08. The number of thiazole rings is 1. The largest absolute Gasteiger partial charge is 0.324 e. The molecular weight excluding hydrogens is 336 g/mol. The fourth-order valence-electron chi connectivity index (χ4n) is 2.66. The normalized spacial score (nSPS) is 11.7. The lowest BCUT2D eigenvalue weighted by molar-refractivity contribution is 0.690. The quantitative estimate of drug-likeness (QED) is 0.371. The Morgan fingerprint density at radius 1 is 1.08 bits per heavy atom. The average Bonchev–Trinajstić information content (AvgIpc) is 3.33. The lowest BCUT2D eigenvalue weighted by atomic mass is 10.3. The zero-order valence-corrected chi connectivity index (χ0v) is 14.8. The fourth-order valence-corrected chi connectivity index (χ4v) is 4.13. The van der Waals surface area contributed by atoms with E-state index in [4.69, 9.17) is 0 Å².